The number of nitrogens with one attached hydrogen (secondary N) is 1. The Bertz CT molecular complexity index is 1200. The Morgan fingerprint density at radius 3 is 2.59 bits per heavy atom. The number of hydrogen-bond donors (Lipinski definition) is 2. The van der Waals surface area contributed by atoms with Crippen LogP contribution in [0.3, 0.4) is 0 Å². The van der Waals surface area contributed by atoms with Gasteiger partial charge in [-0.15, -0.1) is 0 Å². The highest BCUT2D eigenvalue weighted by molar-refractivity contribution is 9.10. The summed E-state index contributed by atoms with van der Waals surface area (Å²) in [6, 6.07) is 17.5. The molecule has 0 saturated carbocycles. The van der Waals surface area contributed by atoms with Gasteiger partial charge in [-0.05, 0) is 42.5 Å². The Labute approximate surface area is 190 Å². The predicted octanol–water partition coefficient (Wildman–Crippen LogP) is 5.01. The first kappa shape index (κ1) is 22.6. The minimum Gasteiger partial charge on any atom is -0.507 e. The summed E-state index contributed by atoms with van der Waals surface area (Å²) in [4.78, 5) is 22.3. The van der Waals surface area contributed by atoms with Crippen LogP contribution in [0, 0.1) is 10.1 Å². The number of rotatable bonds is 8. The first-order chi connectivity index (χ1) is 15.4. The molecular formula is C21H16BrN5O5. The quantitative estimate of drug-likeness (QED) is 0.195. The van der Waals surface area contributed by atoms with E-state index >= 15 is 0 Å². The lowest BCUT2D eigenvalue weighted by Crippen LogP contribution is -2.24. The van der Waals surface area contributed by atoms with Crippen molar-refractivity contribution in [2.45, 2.75) is 0 Å². The second-order valence-electron chi connectivity index (χ2n) is 6.23. The number of phenolic OH excluding ortho intramolecular Hbond substituents is 1. The van der Waals surface area contributed by atoms with E-state index in [0.29, 0.717) is 16.9 Å². The normalized spacial score (nSPS) is 11.0. The highest BCUT2D eigenvalue weighted by atomic mass is 79.9. The van der Waals surface area contributed by atoms with Gasteiger partial charge < -0.3 is 9.84 Å². The molecule has 10 nitrogen and oxygen atoms in total. The van der Waals surface area contributed by atoms with Gasteiger partial charge in [0.25, 0.3) is 5.91 Å². The molecule has 2 N–H and O–H groups in total. The number of amides is 1. The van der Waals surface area contributed by atoms with Gasteiger partial charge in [-0.1, -0.05) is 34.1 Å². The van der Waals surface area contributed by atoms with Crippen LogP contribution in [0.4, 0.5) is 17.1 Å². The smallest absolute Gasteiger partial charge is 0.310 e. The topological polar surface area (TPSA) is 139 Å². The molecule has 0 aliphatic heterocycles. The fraction of sp³-hybridized carbons (Fsp3) is 0.0476. The molecule has 162 valence electrons. The van der Waals surface area contributed by atoms with E-state index < -0.39 is 17.4 Å². The van der Waals surface area contributed by atoms with Gasteiger partial charge in [-0.2, -0.15) is 15.3 Å². The Morgan fingerprint density at radius 2 is 1.84 bits per heavy atom. The highest BCUT2D eigenvalue weighted by Gasteiger charge is 2.14. The van der Waals surface area contributed by atoms with Crippen LogP contribution >= 0.6 is 15.9 Å². The van der Waals surface area contributed by atoms with Crippen molar-refractivity contribution >= 4 is 45.1 Å². The molecule has 1 amide bonds. The number of nitrogens with zero attached hydrogens (tertiary/aromatic N) is 4. The van der Waals surface area contributed by atoms with Crippen LogP contribution in [0.1, 0.15) is 5.56 Å². The number of aromatic hydroxyl groups is 1. The van der Waals surface area contributed by atoms with Gasteiger partial charge in [-0.3, -0.25) is 14.9 Å². The van der Waals surface area contributed by atoms with Crippen LogP contribution in [0.25, 0.3) is 0 Å². The largest absolute Gasteiger partial charge is 0.507 e. The van der Waals surface area contributed by atoms with Gasteiger partial charge in [0.05, 0.1) is 22.5 Å². The molecule has 0 fully saturated rings. The summed E-state index contributed by atoms with van der Waals surface area (Å²) in [5, 5.41) is 33.0. The van der Waals surface area contributed by atoms with E-state index in [1.807, 2.05) is 12.1 Å². The van der Waals surface area contributed by atoms with Gasteiger partial charge in [0, 0.05) is 16.1 Å². The molecule has 0 heterocycles. The van der Waals surface area contributed by atoms with Crippen LogP contribution in [-0.4, -0.2) is 28.8 Å². The molecule has 0 radical (unpaired) electrons. The van der Waals surface area contributed by atoms with Crippen molar-refractivity contribution in [1.29, 1.82) is 0 Å². The number of nitro groups is 1. The minimum absolute atomic E-state index is 0.0298. The summed E-state index contributed by atoms with van der Waals surface area (Å²) < 4.78 is 6.05. The molecule has 3 aromatic carbocycles. The lowest BCUT2D eigenvalue weighted by atomic mass is 10.2. The predicted molar refractivity (Wildman–Crippen MR) is 121 cm³/mol. The SMILES string of the molecule is O=C(COc1ccccc1[N+](=O)[O-])N/N=C/c1cc(N=Nc2cccc(Br)c2)ccc1O. The number of halogens is 1. The molecule has 0 saturated heterocycles. The summed E-state index contributed by atoms with van der Waals surface area (Å²) in [6.07, 6.45) is 1.23. The van der Waals surface area contributed by atoms with Gasteiger partial charge in [0.1, 0.15) is 5.75 Å². The van der Waals surface area contributed by atoms with Crippen LogP contribution in [-0.2, 0) is 4.79 Å². The van der Waals surface area contributed by atoms with Crippen molar-refractivity contribution in [3.63, 3.8) is 0 Å². The number of carbonyl (C=O) groups excluding carboxylic acids is 1. The van der Waals surface area contributed by atoms with Gasteiger partial charge >= 0.3 is 5.69 Å². The third-order valence-corrected chi connectivity index (χ3v) is 4.41. The van der Waals surface area contributed by atoms with E-state index in [2.05, 4.69) is 36.7 Å². The number of phenols is 1. The van der Waals surface area contributed by atoms with Gasteiger partial charge in [0.15, 0.2) is 12.4 Å². The van der Waals surface area contributed by atoms with Crippen LogP contribution in [0.2, 0.25) is 0 Å². The van der Waals surface area contributed by atoms with E-state index in [9.17, 15) is 20.0 Å². The van der Waals surface area contributed by atoms with Gasteiger partial charge in [0.2, 0.25) is 0 Å². The lowest BCUT2D eigenvalue weighted by Gasteiger charge is -2.05. The van der Waals surface area contributed by atoms with E-state index in [1.54, 1.807) is 24.3 Å². The van der Waals surface area contributed by atoms with Crippen LogP contribution in [0.5, 0.6) is 11.5 Å². The molecule has 3 rings (SSSR count). The van der Waals surface area contributed by atoms with Crippen LogP contribution < -0.4 is 10.2 Å². The molecular weight excluding hydrogens is 482 g/mol. The van der Waals surface area contributed by atoms with Crippen LogP contribution in [0.15, 0.2) is 86.5 Å². The summed E-state index contributed by atoms with van der Waals surface area (Å²) in [5.74, 6) is -0.734. The van der Waals surface area contributed by atoms with Gasteiger partial charge in [-0.25, -0.2) is 5.43 Å². The van der Waals surface area contributed by atoms with Crippen molar-refractivity contribution in [1.82, 2.24) is 5.43 Å². The zero-order valence-electron chi connectivity index (χ0n) is 16.4. The standard InChI is InChI=1S/C21H16BrN5O5/c22-15-4-3-5-16(11-15)24-25-17-8-9-19(28)14(10-17)12-23-26-21(29)13-32-20-7-2-1-6-18(20)27(30)31/h1-12,28H,13H2,(H,26,29)/b23-12+,25-24?. The molecule has 3 aromatic rings. The Morgan fingerprint density at radius 1 is 1.09 bits per heavy atom. The van der Waals surface area contributed by atoms with Crippen molar-refractivity contribution < 1.29 is 19.6 Å². The van der Waals surface area contributed by atoms with E-state index in [-0.39, 0.29) is 17.2 Å². The number of hydrogen-bond acceptors (Lipinski definition) is 8. The maximum atomic E-state index is 11.9. The fourth-order valence-corrected chi connectivity index (χ4v) is 2.83. The Kier molecular flexibility index (Phi) is 7.60. The summed E-state index contributed by atoms with van der Waals surface area (Å²) in [7, 11) is 0. The number of carbonyl (C=O) groups is 1. The minimum atomic E-state index is -0.635. The molecule has 0 aliphatic carbocycles. The number of azo groups is 1. The van der Waals surface area contributed by atoms with Crippen molar-refractivity contribution in [2.24, 2.45) is 15.3 Å². The van der Waals surface area contributed by atoms with Crippen molar-refractivity contribution in [3.05, 3.63) is 86.9 Å². The zero-order chi connectivity index (χ0) is 22.9. The molecule has 0 aliphatic rings. The number of nitro benzene ring substituents is 1. The molecule has 0 unspecified atom stereocenters. The van der Waals surface area contributed by atoms with E-state index in [4.69, 9.17) is 4.74 Å². The summed E-state index contributed by atoms with van der Waals surface area (Å²) in [5.41, 5.74) is 3.39. The van der Waals surface area contributed by atoms with E-state index in [1.165, 1.54) is 36.5 Å². The summed E-state index contributed by atoms with van der Waals surface area (Å²) >= 11 is 3.36. The van der Waals surface area contributed by atoms with Crippen molar-refractivity contribution in [2.75, 3.05) is 6.61 Å². The third kappa shape index (κ3) is 6.44. The van der Waals surface area contributed by atoms with E-state index in [0.717, 1.165) is 4.47 Å². The highest BCUT2D eigenvalue weighted by Crippen LogP contribution is 2.26. The first-order valence-corrected chi connectivity index (χ1v) is 9.90. The second kappa shape index (κ2) is 10.8. The molecule has 0 spiro atoms. The lowest BCUT2D eigenvalue weighted by molar-refractivity contribution is -0.385. The zero-order valence-corrected chi connectivity index (χ0v) is 18.0. The number of ether oxygens (including phenoxy) is 1. The Hall–Kier alpha value is -4.12. The average Bonchev–Trinajstić information content (AvgIpc) is 2.78. The number of hydrazone groups is 1. The Balaban J connectivity index is 1.59. The second-order valence-corrected chi connectivity index (χ2v) is 7.15. The maximum Gasteiger partial charge on any atom is 0.310 e. The molecule has 0 bridgehead atoms. The third-order valence-electron chi connectivity index (χ3n) is 3.91. The first-order valence-electron chi connectivity index (χ1n) is 9.11. The molecule has 0 aromatic heterocycles. The molecule has 32 heavy (non-hydrogen) atoms. The molecule has 11 heteroatoms. The number of para-hydroxylation sites is 2. The maximum absolute atomic E-state index is 11.9. The number of benzene rings is 3. The van der Waals surface area contributed by atoms with Crippen molar-refractivity contribution in [3.8, 4) is 11.5 Å². The summed E-state index contributed by atoms with van der Waals surface area (Å²) in [6.45, 7) is -0.477. The fourth-order valence-electron chi connectivity index (χ4n) is 2.44. The molecule has 0 atom stereocenters. The monoisotopic (exact) mass is 497 g/mol. The average molecular weight is 498 g/mol.